The predicted octanol–water partition coefficient (Wildman–Crippen LogP) is 3.75. The number of amides is 1. The fourth-order valence-corrected chi connectivity index (χ4v) is 5.30. The molecular weight excluding hydrogens is 446 g/mol. The van der Waals surface area contributed by atoms with Crippen LogP contribution in [0.4, 0.5) is 5.69 Å². The summed E-state index contributed by atoms with van der Waals surface area (Å²) in [5.41, 5.74) is 2.51. The molecule has 0 fully saturated rings. The van der Waals surface area contributed by atoms with Gasteiger partial charge in [-0.2, -0.15) is 4.98 Å². The van der Waals surface area contributed by atoms with Crippen molar-refractivity contribution in [3.05, 3.63) is 74.0 Å². The zero-order valence-electron chi connectivity index (χ0n) is 17.6. The van der Waals surface area contributed by atoms with Crippen LogP contribution in [0.5, 0.6) is 0 Å². The number of para-hydroxylation sites is 1. The lowest BCUT2D eigenvalue weighted by Gasteiger charge is -2.14. The first-order chi connectivity index (χ1) is 15.6. The average Bonchev–Trinajstić information content (AvgIpc) is 3.47. The van der Waals surface area contributed by atoms with E-state index in [9.17, 15) is 14.4 Å². The summed E-state index contributed by atoms with van der Waals surface area (Å²) in [5, 5.41) is 5.39. The van der Waals surface area contributed by atoms with Gasteiger partial charge in [-0.25, -0.2) is 9.59 Å². The number of thioether (sulfide) groups is 1. The van der Waals surface area contributed by atoms with E-state index >= 15 is 0 Å². The highest BCUT2D eigenvalue weighted by Gasteiger charge is 2.23. The molecule has 0 aliphatic heterocycles. The highest BCUT2D eigenvalue weighted by molar-refractivity contribution is 8.00. The van der Waals surface area contributed by atoms with Crippen LogP contribution in [0.15, 0.2) is 51.6 Å². The topological polar surface area (TPSA) is 90.3 Å². The van der Waals surface area contributed by atoms with Gasteiger partial charge in [0.25, 0.3) is 0 Å². The minimum atomic E-state index is -0.482. The van der Waals surface area contributed by atoms with Crippen molar-refractivity contribution < 1.29 is 14.3 Å². The Kier molecular flexibility index (Phi) is 7.06. The van der Waals surface area contributed by atoms with E-state index < -0.39 is 5.97 Å². The maximum absolute atomic E-state index is 12.7. The Bertz CT molecular complexity index is 1190. The van der Waals surface area contributed by atoms with Crippen molar-refractivity contribution in [3.8, 4) is 0 Å². The van der Waals surface area contributed by atoms with Gasteiger partial charge in [0.1, 0.15) is 5.03 Å². The Balaban J connectivity index is 1.47. The maximum Gasteiger partial charge on any atom is 0.349 e. The molecule has 0 saturated heterocycles. The summed E-state index contributed by atoms with van der Waals surface area (Å²) in [7, 11) is 0. The summed E-state index contributed by atoms with van der Waals surface area (Å²) in [6.07, 6.45) is 2.66. The Labute approximate surface area is 193 Å². The molecule has 3 aromatic rings. The summed E-state index contributed by atoms with van der Waals surface area (Å²) in [6, 6.07) is 10.7. The molecule has 0 saturated carbocycles. The van der Waals surface area contributed by atoms with E-state index in [2.05, 4.69) is 10.3 Å². The van der Waals surface area contributed by atoms with Gasteiger partial charge in [0.05, 0.1) is 30.2 Å². The van der Waals surface area contributed by atoms with Crippen molar-refractivity contribution in [2.45, 2.75) is 37.8 Å². The number of fused-ring (bicyclic) bond motifs is 1. The molecule has 9 heteroatoms. The number of nitrogens with one attached hydrogen (secondary N) is 1. The summed E-state index contributed by atoms with van der Waals surface area (Å²) in [4.78, 5) is 42.8. The van der Waals surface area contributed by atoms with Gasteiger partial charge >= 0.3 is 11.7 Å². The number of hydrogen-bond acceptors (Lipinski definition) is 7. The molecule has 1 amide bonds. The van der Waals surface area contributed by atoms with E-state index in [0.717, 1.165) is 35.4 Å². The lowest BCUT2D eigenvalue weighted by atomic mass is 10.2. The van der Waals surface area contributed by atoms with E-state index in [1.54, 1.807) is 47.1 Å². The summed E-state index contributed by atoms with van der Waals surface area (Å²) < 4.78 is 6.81. The molecule has 0 unspecified atom stereocenters. The second-order valence-electron chi connectivity index (χ2n) is 7.25. The van der Waals surface area contributed by atoms with Crippen molar-refractivity contribution in [2.75, 3.05) is 17.7 Å². The number of nitrogens with zero attached hydrogens (tertiary/aromatic N) is 2. The quantitative estimate of drug-likeness (QED) is 0.307. The number of benzene rings is 1. The minimum Gasteiger partial charge on any atom is -0.462 e. The second-order valence-corrected chi connectivity index (χ2v) is 9.24. The fraction of sp³-hybridized carbons (Fsp3) is 0.304. The standard InChI is InChI=1S/C23H23N3O4S2/c1-2-30-22(28)16-8-3-4-10-18(16)24-20(27)14-32-21-17-9-5-11-19(17)26(23(29)25-21)13-15-7-6-12-31-15/h3-4,6-8,10,12H,2,5,9,11,13-14H2,1H3,(H,24,27). The van der Waals surface area contributed by atoms with Crippen molar-refractivity contribution in [1.82, 2.24) is 9.55 Å². The Hall–Kier alpha value is -2.91. The molecule has 7 nitrogen and oxygen atoms in total. The van der Waals surface area contributed by atoms with E-state index in [0.29, 0.717) is 22.8 Å². The number of carbonyl (C=O) groups is 2. The molecule has 1 aliphatic carbocycles. The molecule has 4 rings (SSSR count). The summed E-state index contributed by atoms with van der Waals surface area (Å²) in [5.74, 6) is -0.668. The van der Waals surface area contributed by atoms with Crippen LogP contribution in [-0.2, 0) is 28.9 Å². The van der Waals surface area contributed by atoms with Crippen LogP contribution in [0.1, 0.15) is 39.8 Å². The van der Waals surface area contributed by atoms with Gasteiger partial charge in [-0.05, 0) is 49.8 Å². The molecule has 1 N–H and O–H groups in total. The SMILES string of the molecule is CCOC(=O)c1ccccc1NC(=O)CSc1nc(=O)n(Cc2cccs2)c2c1CCC2. The van der Waals surface area contributed by atoms with Crippen LogP contribution in [0.3, 0.4) is 0 Å². The van der Waals surface area contributed by atoms with Gasteiger partial charge in [-0.1, -0.05) is 30.0 Å². The zero-order valence-corrected chi connectivity index (χ0v) is 19.3. The third kappa shape index (κ3) is 4.94. The Morgan fingerprint density at radius 1 is 1.22 bits per heavy atom. The molecule has 32 heavy (non-hydrogen) atoms. The van der Waals surface area contributed by atoms with Crippen molar-refractivity contribution >= 4 is 40.7 Å². The monoisotopic (exact) mass is 469 g/mol. The van der Waals surface area contributed by atoms with Crippen LogP contribution in [0.25, 0.3) is 0 Å². The highest BCUT2D eigenvalue weighted by atomic mass is 32.2. The third-order valence-electron chi connectivity index (χ3n) is 5.13. The van der Waals surface area contributed by atoms with E-state index in [4.69, 9.17) is 4.74 Å². The molecule has 0 atom stereocenters. The number of ether oxygens (including phenoxy) is 1. The first-order valence-corrected chi connectivity index (χ1v) is 12.3. The number of rotatable bonds is 8. The molecule has 0 bridgehead atoms. The van der Waals surface area contributed by atoms with Crippen LogP contribution in [-0.4, -0.2) is 33.8 Å². The van der Waals surface area contributed by atoms with Crippen LogP contribution >= 0.6 is 23.1 Å². The van der Waals surface area contributed by atoms with Crippen molar-refractivity contribution in [3.63, 3.8) is 0 Å². The van der Waals surface area contributed by atoms with Gasteiger partial charge in [0.2, 0.25) is 5.91 Å². The lowest BCUT2D eigenvalue weighted by Crippen LogP contribution is -2.27. The van der Waals surface area contributed by atoms with Gasteiger partial charge < -0.3 is 10.1 Å². The molecule has 1 aromatic carbocycles. The lowest BCUT2D eigenvalue weighted by molar-refractivity contribution is -0.113. The Morgan fingerprint density at radius 2 is 2.06 bits per heavy atom. The first-order valence-electron chi connectivity index (χ1n) is 10.4. The fourth-order valence-electron chi connectivity index (χ4n) is 3.73. The number of hydrogen-bond donors (Lipinski definition) is 1. The van der Waals surface area contributed by atoms with E-state index in [1.165, 1.54) is 11.8 Å². The zero-order chi connectivity index (χ0) is 22.5. The van der Waals surface area contributed by atoms with E-state index in [-0.39, 0.29) is 24.0 Å². The third-order valence-corrected chi connectivity index (χ3v) is 7.01. The summed E-state index contributed by atoms with van der Waals surface area (Å²) in [6.45, 7) is 2.52. The molecule has 166 valence electrons. The van der Waals surface area contributed by atoms with Crippen molar-refractivity contribution in [2.24, 2.45) is 0 Å². The van der Waals surface area contributed by atoms with Crippen molar-refractivity contribution in [1.29, 1.82) is 0 Å². The largest absolute Gasteiger partial charge is 0.462 e. The highest BCUT2D eigenvalue weighted by Crippen LogP contribution is 2.30. The van der Waals surface area contributed by atoms with Gasteiger partial charge in [-0.3, -0.25) is 9.36 Å². The second kappa shape index (κ2) is 10.1. The predicted molar refractivity (Wildman–Crippen MR) is 126 cm³/mol. The van der Waals surface area contributed by atoms with Gasteiger partial charge in [-0.15, -0.1) is 11.3 Å². The number of anilines is 1. The van der Waals surface area contributed by atoms with Gasteiger partial charge in [0, 0.05) is 16.1 Å². The molecule has 0 spiro atoms. The smallest absolute Gasteiger partial charge is 0.349 e. The van der Waals surface area contributed by atoms with E-state index in [1.807, 2.05) is 17.5 Å². The normalized spacial score (nSPS) is 12.4. The van der Waals surface area contributed by atoms with Crippen LogP contribution in [0, 0.1) is 0 Å². The molecule has 1 aliphatic rings. The molecule has 2 heterocycles. The Morgan fingerprint density at radius 3 is 2.84 bits per heavy atom. The summed E-state index contributed by atoms with van der Waals surface area (Å²) >= 11 is 2.88. The number of carbonyl (C=O) groups excluding carboxylic acids is 2. The van der Waals surface area contributed by atoms with Crippen LogP contribution in [0.2, 0.25) is 0 Å². The first kappa shape index (κ1) is 22.3. The number of esters is 1. The minimum absolute atomic E-state index is 0.0883. The molecular formula is C23H23N3O4S2. The molecule has 0 radical (unpaired) electrons. The average molecular weight is 470 g/mol. The number of aromatic nitrogens is 2. The maximum atomic E-state index is 12.7. The van der Waals surface area contributed by atoms with Crippen LogP contribution < -0.4 is 11.0 Å². The molecule has 2 aromatic heterocycles. The van der Waals surface area contributed by atoms with Gasteiger partial charge in [0.15, 0.2) is 0 Å². The number of thiophene rings is 1.